The molecule has 0 saturated heterocycles. The lowest BCUT2D eigenvalue weighted by Crippen LogP contribution is -2.24. The van der Waals surface area contributed by atoms with E-state index >= 15 is 0 Å². The summed E-state index contributed by atoms with van der Waals surface area (Å²) in [5, 5.41) is 18.5. The molecule has 2 rings (SSSR count). The summed E-state index contributed by atoms with van der Waals surface area (Å²) in [5.74, 6) is 0.0847. The van der Waals surface area contributed by atoms with Gasteiger partial charge in [0.15, 0.2) is 5.69 Å². The molecule has 2 N–H and O–H groups in total. The monoisotopic (exact) mass is 281 g/mol. The Bertz CT molecular complexity index is 577. The number of thiazole rings is 1. The van der Waals surface area contributed by atoms with Crippen LogP contribution >= 0.6 is 11.3 Å². The number of carbonyl (C=O) groups excluding carboxylic acids is 1. The number of nitrogens with one attached hydrogen (secondary N) is 1. The largest absolute Gasteiger partial charge is 0.391 e. The van der Waals surface area contributed by atoms with E-state index < -0.39 is 0 Å². The summed E-state index contributed by atoms with van der Waals surface area (Å²) in [6.45, 7) is 3.76. The first-order valence-electron chi connectivity index (χ1n) is 5.93. The van der Waals surface area contributed by atoms with Gasteiger partial charge in [0.25, 0.3) is 5.91 Å². The molecule has 0 atom stereocenters. The highest BCUT2D eigenvalue weighted by Gasteiger charge is 2.18. The maximum absolute atomic E-state index is 11.9. The van der Waals surface area contributed by atoms with Gasteiger partial charge in [-0.2, -0.15) is 0 Å². The van der Waals surface area contributed by atoms with Crippen molar-refractivity contribution in [3.8, 4) is 0 Å². The van der Waals surface area contributed by atoms with Crippen LogP contribution in [0.5, 0.6) is 0 Å². The van der Waals surface area contributed by atoms with Gasteiger partial charge in [0, 0.05) is 5.38 Å². The third kappa shape index (κ3) is 2.99. The molecule has 6 nitrogen and oxygen atoms in total. The van der Waals surface area contributed by atoms with E-state index in [4.69, 9.17) is 9.63 Å². The molecule has 0 bridgehead atoms. The molecule has 19 heavy (non-hydrogen) atoms. The topological polar surface area (TPSA) is 88.3 Å². The smallest absolute Gasteiger partial charge is 0.274 e. The van der Waals surface area contributed by atoms with Gasteiger partial charge < -0.3 is 14.9 Å². The van der Waals surface area contributed by atoms with Crippen LogP contribution in [0.3, 0.4) is 0 Å². The average Bonchev–Trinajstić information content (AvgIpc) is 3.02. The zero-order valence-electron chi connectivity index (χ0n) is 10.8. The zero-order valence-corrected chi connectivity index (χ0v) is 11.6. The molecule has 0 fully saturated rings. The van der Waals surface area contributed by atoms with E-state index in [2.05, 4.69) is 15.5 Å². The van der Waals surface area contributed by atoms with Crippen LogP contribution in [-0.4, -0.2) is 21.2 Å². The van der Waals surface area contributed by atoms with Gasteiger partial charge in [-0.05, 0) is 13.3 Å². The molecule has 0 radical (unpaired) electrons. The highest BCUT2D eigenvalue weighted by atomic mass is 32.1. The molecule has 0 aliphatic heterocycles. The van der Waals surface area contributed by atoms with Gasteiger partial charge in [-0.3, -0.25) is 4.79 Å². The lowest BCUT2D eigenvalue weighted by molar-refractivity contribution is 0.0938. The van der Waals surface area contributed by atoms with Gasteiger partial charge >= 0.3 is 0 Å². The molecule has 0 aromatic carbocycles. The van der Waals surface area contributed by atoms with Crippen molar-refractivity contribution in [3.05, 3.63) is 33.1 Å². The van der Waals surface area contributed by atoms with Crippen molar-refractivity contribution in [2.45, 2.75) is 33.4 Å². The number of aliphatic hydroxyl groups is 1. The second-order valence-corrected chi connectivity index (χ2v) is 4.94. The third-order valence-corrected chi connectivity index (χ3v) is 3.73. The molecule has 2 heterocycles. The molecule has 0 spiro atoms. The Morgan fingerprint density at radius 2 is 2.37 bits per heavy atom. The van der Waals surface area contributed by atoms with Crippen molar-refractivity contribution in [2.75, 3.05) is 0 Å². The molecule has 7 heteroatoms. The fourth-order valence-corrected chi connectivity index (χ4v) is 2.35. The number of aliphatic hydroxyl groups excluding tert-OH is 1. The highest BCUT2D eigenvalue weighted by Crippen LogP contribution is 2.14. The van der Waals surface area contributed by atoms with Crippen LogP contribution in [-0.2, 0) is 19.6 Å². The number of amides is 1. The number of nitrogens with zero attached hydrogens (tertiary/aromatic N) is 2. The Hall–Kier alpha value is -1.73. The molecule has 0 saturated carbocycles. The van der Waals surface area contributed by atoms with Crippen LogP contribution in [0.2, 0.25) is 0 Å². The number of rotatable bonds is 5. The molecule has 102 valence electrons. The van der Waals surface area contributed by atoms with E-state index in [1.54, 1.807) is 18.3 Å². The minimum absolute atomic E-state index is 0.131. The van der Waals surface area contributed by atoms with E-state index in [1.165, 1.54) is 0 Å². The average molecular weight is 281 g/mol. The van der Waals surface area contributed by atoms with Crippen LogP contribution in [0.4, 0.5) is 0 Å². The van der Waals surface area contributed by atoms with E-state index in [0.29, 0.717) is 17.9 Å². The first-order valence-corrected chi connectivity index (χ1v) is 6.81. The molecule has 0 aliphatic rings. The minimum Gasteiger partial charge on any atom is -0.391 e. The SMILES string of the molecule is CCc1nc(CNC(=O)c2noc(C)c2CO)cs1. The van der Waals surface area contributed by atoms with Gasteiger partial charge in [0.05, 0.1) is 29.4 Å². The standard InChI is InChI=1S/C12H15N3O3S/c1-3-10-14-8(6-19-10)4-13-12(17)11-9(5-16)7(2)18-15-11/h6,16H,3-5H2,1-2H3,(H,13,17). The quantitative estimate of drug-likeness (QED) is 0.865. The van der Waals surface area contributed by atoms with Crippen LogP contribution in [0.1, 0.15) is 39.4 Å². The first kappa shape index (κ1) is 13.7. The fraction of sp³-hybridized carbons (Fsp3) is 0.417. The van der Waals surface area contributed by atoms with E-state index in [0.717, 1.165) is 17.1 Å². The summed E-state index contributed by atoms with van der Waals surface area (Å²) in [6.07, 6.45) is 0.885. The summed E-state index contributed by atoms with van der Waals surface area (Å²) in [4.78, 5) is 16.3. The van der Waals surface area contributed by atoms with E-state index in [-0.39, 0.29) is 18.2 Å². The normalized spacial score (nSPS) is 10.7. The second-order valence-electron chi connectivity index (χ2n) is 3.99. The van der Waals surface area contributed by atoms with Crippen LogP contribution in [0.25, 0.3) is 0 Å². The predicted octanol–water partition coefficient (Wildman–Crippen LogP) is 1.42. The van der Waals surface area contributed by atoms with E-state index in [1.807, 2.05) is 12.3 Å². The number of aryl methyl sites for hydroxylation is 2. The van der Waals surface area contributed by atoms with E-state index in [9.17, 15) is 4.79 Å². The predicted molar refractivity (Wildman–Crippen MR) is 69.8 cm³/mol. The van der Waals surface area contributed by atoms with Crippen molar-refractivity contribution in [1.82, 2.24) is 15.5 Å². The van der Waals surface area contributed by atoms with Crippen molar-refractivity contribution >= 4 is 17.2 Å². The summed E-state index contributed by atoms with van der Waals surface area (Å²) in [5.41, 5.74) is 1.37. The van der Waals surface area contributed by atoms with Crippen molar-refractivity contribution in [1.29, 1.82) is 0 Å². The van der Waals surface area contributed by atoms with Gasteiger partial charge in [0.1, 0.15) is 5.76 Å². The Balaban J connectivity index is 2.01. The summed E-state index contributed by atoms with van der Waals surface area (Å²) in [7, 11) is 0. The molecule has 0 unspecified atom stereocenters. The first-order chi connectivity index (χ1) is 9.15. The van der Waals surface area contributed by atoms with Crippen molar-refractivity contribution < 1.29 is 14.4 Å². The summed E-state index contributed by atoms with van der Waals surface area (Å²) in [6, 6.07) is 0. The number of hydrogen-bond acceptors (Lipinski definition) is 6. The molecule has 2 aromatic heterocycles. The lowest BCUT2D eigenvalue weighted by Gasteiger charge is -2.01. The van der Waals surface area contributed by atoms with Gasteiger partial charge in [-0.25, -0.2) is 4.98 Å². The van der Waals surface area contributed by atoms with Gasteiger partial charge in [-0.15, -0.1) is 11.3 Å². The molecular weight excluding hydrogens is 266 g/mol. The molecule has 1 amide bonds. The lowest BCUT2D eigenvalue weighted by atomic mass is 10.2. The van der Waals surface area contributed by atoms with Gasteiger partial charge in [-0.1, -0.05) is 12.1 Å². The molecule has 0 aliphatic carbocycles. The molecular formula is C12H15N3O3S. The molecule has 2 aromatic rings. The maximum Gasteiger partial charge on any atom is 0.274 e. The Morgan fingerprint density at radius 1 is 1.58 bits per heavy atom. The number of aromatic nitrogens is 2. The van der Waals surface area contributed by atoms with Crippen molar-refractivity contribution in [3.63, 3.8) is 0 Å². The van der Waals surface area contributed by atoms with Crippen LogP contribution in [0, 0.1) is 6.92 Å². The second kappa shape index (κ2) is 5.94. The maximum atomic E-state index is 11.9. The zero-order chi connectivity index (χ0) is 13.8. The number of hydrogen-bond donors (Lipinski definition) is 2. The Labute approximate surface area is 114 Å². The summed E-state index contributed by atoms with van der Waals surface area (Å²) < 4.78 is 4.90. The Kier molecular flexibility index (Phi) is 4.28. The van der Waals surface area contributed by atoms with Crippen molar-refractivity contribution in [2.24, 2.45) is 0 Å². The third-order valence-electron chi connectivity index (χ3n) is 2.69. The van der Waals surface area contributed by atoms with Crippen LogP contribution in [0.15, 0.2) is 9.90 Å². The summed E-state index contributed by atoms with van der Waals surface area (Å²) >= 11 is 1.57. The van der Waals surface area contributed by atoms with Crippen LogP contribution < -0.4 is 5.32 Å². The number of carbonyl (C=O) groups is 1. The fourth-order valence-electron chi connectivity index (χ4n) is 1.60. The Morgan fingerprint density at radius 3 is 3.00 bits per heavy atom. The minimum atomic E-state index is -0.369. The highest BCUT2D eigenvalue weighted by molar-refractivity contribution is 7.09. The van der Waals surface area contributed by atoms with Gasteiger partial charge in [0.2, 0.25) is 0 Å².